The molecule has 26 heavy (non-hydrogen) atoms. The number of para-hydroxylation sites is 1. The van der Waals surface area contributed by atoms with Crippen molar-refractivity contribution >= 4 is 27.5 Å². The molecule has 1 heterocycles. The van der Waals surface area contributed by atoms with Crippen molar-refractivity contribution in [3.8, 4) is 0 Å². The van der Waals surface area contributed by atoms with Crippen LogP contribution in [-0.4, -0.2) is 41.3 Å². The van der Waals surface area contributed by atoms with Crippen molar-refractivity contribution in [2.45, 2.75) is 19.5 Å². The third-order valence-electron chi connectivity index (χ3n) is 4.39. The fourth-order valence-corrected chi connectivity index (χ4v) is 3.86. The fourth-order valence-electron chi connectivity index (χ4n) is 2.80. The van der Waals surface area contributed by atoms with Crippen LogP contribution in [0.15, 0.2) is 48.5 Å². The van der Waals surface area contributed by atoms with Gasteiger partial charge in [-0.05, 0) is 43.8 Å². The minimum absolute atomic E-state index is 0.00987. The highest BCUT2D eigenvalue weighted by molar-refractivity contribution is 7.18. The van der Waals surface area contributed by atoms with Crippen molar-refractivity contribution in [3.63, 3.8) is 0 Å². The number of benzene rings is 2. The molecule has 2 aromatic carbocycles. The molecule has 0 radical (unpaired) electrons. The molecule has 0 aliphatic carbocycles. The first-order valence-electron chi connectivity index (χ1n) is 8.48. The first kappa shape index (κ1) is 18.5. The van der Waals surface area contributed by atoms with Gasteiger partial charge in [0.2, 0.25) is 5.91 Å². The van der Waals surface area contributed by atoms with E-state index in [1.807, 2.05) is 49.2 Å². The van der Waals surface area contributed by atoms with Crippen LogP contribution in [0.5, 0.6) is 0 Å². The van der Waals surface area contributed by atoms with Crippen molar-refractivity contribution in [2.24, 2.45) is 0 Å². The average Bonchev–Trinajstić information content (AvgIpc) is 3.04. The predicted molar refractivity (Wildman–Crippen MR) is 104 cm³/mol. The smallest absolute Gasteiger partial charge is 0.237 e. The summed E-state index contributed by atoms with van der Waals surface area (Å²) in [5.74, 6) is -0.250. The lowest BCUT2D eigenvalue weighted by Gasteiger charge is -2.26. The van der Waals surface area contributed by atoms with Gasteiger partial charge in [-0.2, -0.15) is 0 Å². The van der Waals surface area contributed by atoms with Crippen LogP contribution in [0, 0.1) is 5.82 Å². The number of hydrogen-bond donors (Lipinski definition) is 0. The molecule has 1 atom stereocenters. The molecule has 3 aromatic rings. The Morgan fingerprint density at radius 2 is 1.96 bits per heavy atom. The Labute approximate surface area is 156 Å². The van der Waals surface area contributed by atoms with Gasteiger partial charge in [-0.1, -0.05) is 24.3 Å². The number of nitrogens with zero attached hydrogens (tertiary/aromatic N) is 3. The lowest BCUT2D eigenvalue weighted by atomic mass is 10.2. The van der Waals surface area contributed by atoms with E-state index >= 15 is 0 Å². The second kappa shape index (κ2) is 7.93. The number of halogens is 1. The number of rotatable bonds is 6. The lowest BCUT2D eigenvalue weighted by Crippen LogP contribution is -2.37. The van der Waals surface area contributed by atoms with E-state index in [0.717, 1.165) is 20.8 Å². The Hall–Kier alpha value is -2.31. The van der Waals surface area contributed by atoms with Crippen molar-refractivity contribution in [1.29, 1.82) is 0 Å². The van der Waals surface area contributed by atoms with Crippen LogP contribution in [0.3, 0.4) is 0 Å². The molecule has 0 N–H and O–H groups in total. The molecule has 0 spiro atoms. The van der Waals surface area contributed by atoms with Gasteiger partial charge in [-0.25, -0.2) is 9.37 Å². The van der Waals surface area contributed by atoms with Gasteiger partial charge in [0.05, 0.1) is 22.8 Å². The number of thiazole rings is 1. The molecular weight excluding hydrogens is 349 g/mol. The largest absolute Gasteiger partial charge is 0.335 e. The molecule has 0 saturated heterocycles. The third kappa shape index (κ3) is 4.26. The zero-order chi connectivity index (χ0) is 18.7. The second-order valence-electron chi connectivity index (χ2n) is 6.50. The molecule has 0 saturated carbocycles. The standard InChI is InChI=1S/C20H22FN3OS/c1-14(20-22-17-9-4-5-10-18(17)26-20)24(3)19(25)13-23(2)12-15-7-6-8-16(21)11-15/h4-11,14H,12-13H2,1-3H3/t14-/m0/s1. The summed E-state index contributed by atoms with van der Waals surface area (Å²) in [6, 6.07) is 14.3. The van der Waals surface area contributed by atoms with Crippen molar-refractivity contribution in [3.05, 3.63) is 64.9 Å². The van der Waals surface area contributed by atoms with Gasteiger partial charge in [-0.3, -0.25) is 9.69 Å². The topological polar surface area (TPSA) is 36.4 Å². The van der Waals surface area contributed by atoms with E-state index in [0.29, 0.717) is 6.54 Å². The average molecular weight is 371 g/mol. The number of aromatic nitrogens is 1. The number of likely N-dealkylation sites (N-methyl/N-ethyl adjacent to an activating group) is 2. The minimum atomic E-state index is -0.260. The van der Waals surface area contributed by atoms with Gasteiger partial charge in [-0.15, -0.1) is 11.3 Å². The van der Waals surface area contributed by atoms with Gasteiger partial charge in [0, 0.05) is 13.6 Å². The molecule has 6 heteroatoms. The van der Waals surface area contributed by atoms with Crippen LogP contribution in [0.2, 0.25) is 0 Å². The van der Waals surface area contributed by atoms with E-state index in [-0.39, 0.29) is 24.3 Å². The quantitative estimate of drug-likeness (QED) is 0.655. The molecule has 1 amide bonds. The summed E-state index contributed by atoms with van der Waals surface area (Å²) < 4.78 is 14.4. The number of carbonyl (C=O) groups excluding carboxylic acids is 1. The van der Waals surface area contributed by atoms with E-state index in [2.05, 4.69) is 4.98 Å². The monoisotopic (exact) mass is 371 g/mol. The highest BCUT2D eigenvalue weighted by atomic mass is 32.1. The molecule has 1 aromatic heterocycles. The van der Waals surface area contributed by atoms with Crippen LogP contribution < -0.4 is 0 Å². The van der Waals surface area contributed by atoms with E-state index in [9.17, 15) is 9.18 Å². The number of hydrogen-bond acceptors (Lipinski definition) is 4. The van der Waals surface area contributed by atoms with Crippen molar-refractivity contribution < 1.29 is 9.18 Å². The highest BCUT2D eigenvalue weighted by Gasteiger charge is 2.21. The van der Waals surface area contributed by atoms with Gasteiger partial charge in [0.25, 0.3) is 0 Å². The molecular formula is C20H22FN3OS. The van der Waals surface area contributed by atoms with E-state index < -0.39 is 0 Å². The second-order valence-corrected chi connectivity index (χ2v) is 7.56. The molecule has 0 unspecified atom stereocenters. The lowest BCUT2D eigenvalue weighted by molar-refractivity contribution is -0.132. The zero-order valence-electron chi connectivity index (χ0n) is 15.1. The highest BCUT2D eigenvalue weighted by Crippen LogP contribution is 2.28. The molecule has 0 aliphatic heterocycles. The van der Waals surface area contributed by atoms with Gasteiger partial charge >= 0.3 is 0 Å². The molecule has 0 bridgehead atoms. The van der Waals surface area contributed by atoms with Gasteiger partial charge < -0.3 is 4.90 Å². The molecule has 4 nitrogen and oxygen atoms in total. The summed E-state index contributed by atoms with van der Waals surface area (Å²) in [6.07, 6.45) is 0. The Balaban J connectivity index is 1.62. The first-order chi connectivity index (χ1) is 12.4. The van der Waals surface area contributed by atoms with Gasteiger partial charge in [0.15, 0.2) is 0 Å². The van der Waals surface area contributed by atoms with Gasteiger partial charge in [0.1, 0.15) is 10.8 Å². The molecule has 3 rings (SSSR count). The molecule has 136 valence electrons. The summed E-state index contributed by atoms with van der Waals surface area (Å²) in [5, 5.41) is 0.926. The predicted octanol–water partition coefficient (Wildman–Crippen LogP) is 4.09. The fraction of sp³-hybridized carbons (Fsp3) is 0.300. The Kier molecular flexibility index (Phi) is 5.64. The van der Waals surface area contributed by atoms with E-state index in [1.165, 1.54) is 12.1 Å². The summed E-state index contributed by atoms with van der Waals surface area (Å²) in [4.78, 5) is 20.9. The zero-order valence-corrected chi connectivity index (χ0v) is 16.0. The molecule has 0 aliphatic rings. The summed E-state index contributed by atoms with van der Waals surface area (Å²) in [5.41, 5.74) is 1.81. The maximum atomic E-state index is 13.3. The van der Waals surface area contributed by atoms with Crippen LogP contribution in [0.1, 0.15) is 23.5 Å². The SMILES string of the molecule is C[C@@H](c1nc2ccccc2s1)N(C)C(=O)CN(C)Cc1cccc(F)c1. The normalized spacial score (nSPS) is 12.5. The van der Waals surface area contributed by atoms with Crippen molar-refractivity contribution in [2.75, 3.05) is 20.6 Å². The Morgan fingerprint density at radius 3 is 2.69 bits per heavy atom. The number of amides is 1. The van der Waals surface area contributed by atoms with Crippen LogP contribution in [-0.2, 0) is 11.3 Å². The Morgan fingerprint density at radius 1 is 1.19 bits per heavy atom. The first-order valence-corrected chi connectivity index (χ1v) is 9.30. The maximum absolute atomic E-state index is 13.3. The third-order valence-corrected chi connectivity index (χ3v) is 5.60. The van der Waals surface area contributed by atoms with Crippen LogP contribution in [0.4, 0.5) is 4.39 Å². The Bertz CT molecular complexity index is 878. The van der Waals surface area contributed by atoms with E-state index in [1.54, 1.807) is 29.4 Å². The van der Waals surface area contributed by atoms with Crippen LogP contribution in [0.25, 0.3) is 10.2 Å². The van der Waals surface area contributed by atoms with E-state index in [4.69, 9.17) is 0 Å². The minimum Gasteiger partial charge on any atom is -0.335 e. The van der Waals surface area contributed by atoms with Crippen molar-refractivity contribution in [1.82, 2.24) is 14.8 Å². The summed E-state index contributed by atoms with van der Waals surface area (Å²) >= 11 is 1.61. The molecule has 0 fully saturated rings. The summed E-state index contributed by atoms with van der Waals surface area (Å²) in [6.45, 7) is 2.78. The van der Waals surface area contributed by atoms with Crippen LogP contribution >= 0.6 is 11.3 Å². The number of fused-ring (bicyclic) bond motifs is 1. The number of carbonyl (C=O) groups is 1. The maximum Gasteiger partial charge on any atom is 0.237 e. The summed E-state index contributed by atoms with van der Waals surface area (Å²) in [7, 11) is 3.66.